The van der Waals surface area contributed by atoms with Crippen molar-refractivity contribution in [3.05, 3.63) is 64.7 Å². The highest BCUT2D eigenvalue weighted by molar-refractivity contribution is 7.89. The SMILES string of the molecule is COCc1ccc(CNC(=O)CCNS(=O)(=O)c2cccc(Cl)c2)cc1. The number of rotatable bonds is 9. The molecule has 0 saturated carbocycles. The lowest BCUT2D eigenvalue weighted by Crippen LogP contribution is -2.30. The molecule has 0 heterocycles. The van der Waals surface area contributed by atoms with Crippen molar-refractivity contribution in [1.29, 1.82) is 0 Å². The molecule has 0 saturated heterocycles. The van der Waals surface area contributed by atoms with E-state index in [0.29, 0.717) is 18.2 Å². The third-order valence-corrected chi connectivity index (χ3v) is 5.27. The van der Waals surface area contributed by atoms with Crippen LogP contribution in [0.5, 0.6) is 0 Å². The molecule has 0 unspecified atom stereocenters. The van der Waals surface area contributed by atoms with Crippen LogP contribution in [0.25, 0.3) is 0 Å². The van der Waals surface area contributed by atoms with E-state index in [1.165, 1.54) is 12.1 Å². The van der Waals surface area contributed by atoms with Crippen molar-refractivity contribution in [3.63, 3.8) is 0 Å². The molecular weight excluding hydrogens is 376 g/mol. The van der Waals surface area contributed by atoms with Crippen molar-refractivity contribution in [1.82, 2.24) is 10.0 Å². The van der Waals surface area contributed by atoms with Crippen LogP contribution in [0.4, 0.5) is 0 Å². The number of ether oxygens (including phenoxy) is 1. The molecule has 2 rings (SSSR count). The average molecular weight is 397 g/mol. The second-order valence-corrected chi connectivity index (χ2v) is 7.83. The van der Waals surface area contributed by atoms with E-state index in [1.807, 2.05) is 24.3 Å². The van der Waals surface area contributed by atoms with E-state index in [0.717, 1.165) is 11.1 Å². The summed E-state index contributed by atoms with van der Waals surface area (Å²) in [6.45, 7) is 0.931. The maximum Gasteiger partial charge on any atom is 0.240 e. The van der Waals surface area contributed by atoms with Crippen LogP contribution in [0.15, 0.2) is 53.4 Å². The Morgan fingerprint density at radius 1 is 1.12 bits per heavy atom. The highest BCUT2D eigenvalue weighted by atomic mass is 35.5. The van der Waals surface area contributed by atoms with Crippen LogP contribution in [0.1, 0.15) is 17.5 Å². The first kappa shape index (κ1) is 20.4. The van der Waals surface area contributed by atoms with Crippen LogP contribution >= 0.6 is 11.6 Å². The van der Waals surface area contributed by atoms with E-state index in [9.17, 15) is 13.2 Å². The highest BCUT2D eigenvalue weighted by Crippen LogP contribution is 2.15. The minimum absolute atomic E-state index is 0.00740. The van der Waals surface area contributed by atoms with Gasteiger partial charge in [0.15, 0.2) is 0 Å². The summed E-state index contributed by atoms with van der Waals surface area (Å²) >= 11 is 5.80. The minimum atomic E-state index is -3.68. The molecule has 140 valence electrons. The predicted octanol–water partition coefficient (Wildman–Crippen LogP) is 2.47. The molecule has 8 heteroatoms. The van der Waals surface area contributed by atoms with Crippen LogP contribution < -0.4 is 10.0 Å². The van der Waals surface area contributed by atoms with Gasteiger partial charge in [-0.1, -0.05) is 41.9 Å². The summed E-state index contributed by atoms with van der Waals surface area (Å²) in [6.07, 6.45) is 0.0432. The zero-order chi connectivity index (χ0) is 19.0. The number of hydrogen-bond acceptors (Lipinski definition) is 4. The van der Waals surface area contributed by atoms with E-state index in [1.54, 1.807) is 19.2 Å². The number of nitrogens with one attached hydrogen (secondary N) is 2. The Balaban J connectivity index is 1.76. The lowest BCUT2D eigenvalue weighted by molar-refractivity contribution is -0.121. The third-order valence-electron chi connectivity index (χ3n) is 3.57. The van der Waals surface area contributed by atoms with Gasteiger partial charge in [-0.15, -0.1) is 0 Å². The Morgan fingerprint density at radius 2 is 1.81 bits per heavy atom. The summed E-state index contributed by atoms with van der Waals surface area (Å²) in [7, 11) is -2.05. The topological polar surface area (TPSA) is 84.5 Å². The van der Waals surface area contributed by atoms with Gasteiger partial charge in [0.2, 0.25) is 15.9 Å². The average Bonchev–Trinajstić information content (AvgIpc) is 2.61. The Bertz CT molecular complexity index is 839. The lowest BCUT2D eigenvalue weighted by Gasteiger charge is -2.08. The van der Waals surface area contributed by atoms with Gasteiger partial charge in [-0.25, -0.2) is 13.1 Å². The quantitative estimate of drug-likeness (QED) is 0.682. The monoisotopic (exact) mass is 396 g/mol. The van der Waals surface area contributed by atoms with Gasteiger partial charge in [0, 0.05) is 31.6 Å². The lowest BCUT2D eigenvalue weighted by atomic mass is 10.1. The summed E-state index contributed by atoms with van der Waals surface area (Å²) in [5, 5.41) is 3.09. The second-order valence-electron chi connectivity index (χ2n) is 5.63. The first-order valence-corrected chi connectivity index (χ1v) is 9.85. The van der Waals surface area contributed by atoms with Crippen molar-refractivity contribution < 1.29 is 17.9 Å². The zero-order valence-electron chi connectivity index (χ0n) is 14.4. The third kappa shape index (κ3) is 6.42. The van der Waals surface area contributed by atoms with Gasteiger partial charge in [-0.3, -0.25) is 4.79 Å². The van der Waals surface area contributed by atoms with Crippen molar-refractivity contribution in [3.8, 4) is 0 Å². The van der Waals surface area contributed by atoms with Gasteiger partial charge < -0.3 is 10.1 Å². The fourth-order valence-electron chi connectivity index (χ4n) is 2.23. The van der Waals surface area contributed by atoms with E-state index in [2.05, 4.69) is 10.0 Å². The molecule has 2 aromatic carbocycles. The predicted molar refractivity (Wildman–Crippen MR) is 100 cm³/mol. The highest BCUT2D eigenvalue weighted by Gasteiger charge is 2.14. The molecule has 1 amide bonds. The number of amides is 1. The zero-order valence-corrected chi connectivity index (χ0v) is 15.9. The normalized spacial score (nSPS) is 11.3. The molecule has 0 radical (unpaired) electrons. The summed E-state index contributed by atoms with van der Waals surface area (Å²) < 4.78 is 31.7. The Labute approximate surface area is 158 Å². The van der Waals surface area contributed by atoms with Crippen LogP contribution in [0.3, 0.4) is 0 Å². The van der Waals surface area contributed by atoms with Crippen molar-refractivity contribution in [2.75, 3.05) is 13.7 Å². The molecule has 0 bridgehead atoms. The minimum Gasteiger partial charge on any atom is -0.380 e. The van der Waals surface area contributed by atoms with E-state index >= 15 is 0 Å². The second kappa shape index (κ2) is 9.68. The Hall–Kier alpha value is -1.93. The molecule has 0 aromatic heterocycles. The molecule has 0 aliphatic rings. The van der Waals surface area contributed by atoms with Gasteiger partial charge in [-0.05, 0) is 29.3 Å². The van der Waals surface area contributed by atoms with Gasteiger partial charge in [0.1, 0.15) is 0 Å². The van der Waals surface area contributed by atoms with Crippen LogP contribution in [0, 0.1) is 0 Å². The molecule has 26 heavy (non-hydrogen) atoms. The summed E-state index contributed by atoms with van der Waals surface area (Å²) in [5.41, 5.74) is 2.01. The molecule has 0 fully saturated rings. The maximum atomic E-state index is 12.1. The molecule has 0 aliphatic carbocycles. The number of methoxy groups -OCH3 is 1. The summed E-state index contributed by atoms with van der Waals surface area (Å²) in [4.78, 5) is 11.9. The van der Waals surface area contributed by atoms with E-state index in [4.69, 9.17) is 16.3 Å². The van der Waals surface area contributed by atoms with Gasteiger partial charge in [0.05, 0.1) is 11.5 Å². The number of hydrogen-bond donors (Lipinski definition) is 2. The van der Waals surface area contributed by atoms with Crippen LogP contribution in [-0.2, 0) is 32.7 Å². The first-order chi connectivity index (χ1) is 12.4. The van der Waals surface area contributed by atoms with E-state index < -0.39 is 10.0 Å². The summed E-state index contributed by atoms with van der Waals surface area (Å²) in [5.74, 6) is -0.236. The number of carbonyl (C=O) groups excluding carboxylic acids is 1. The number of sulfonamides is 1. The number of carbonyl (C=O) groups is 1. The summed E-state index contributed by atoms with van der Waals surface area (Å²) in [6, 6.07) is 13.7. The molecule has 0 atom stereocenters. The Morgan fingerprint density at radius 3 is 2.46 bits per heavy atom. The van der Waals surface area contributed by atoms with Gasteiger partial charge in [-0.2, -0.15) is 0 Å². The van der Waals surface area contributed by atoms with Gasteiger partial charge >= 0.3 is 0 Å². The maximum absolute atomic E-state index is 12.1. The van der Waals surface area contributed by atoms with E-state index in [-0.39, 0.29) is 23.8 Å². The fourth-order valence-corrected chi connectivity index (χ4v) is 3.56. The largest absolute Gasteiger partial charge is 0.380 e. The molecule has 2 aromatic rings. The first-order valence-electron chi connectivity index (χ1n) is 7.99. The van der Waals surface area contributed by atoms with Crippen molar-refractivity contribution in [2.45, 2.75) is 24.5 Å². The fraction of sp³-hybridized carbons (Fsp3) is 0.278. The molecular formula is C18H21ClN2O4S. The molecule has 6 nitrogen and oxygen atoms in total. The number of halogens is 1. The smallest absolute Gasteiger partial charge is 0.240 e. The van der Waals surface area contributed by atoms with Crippen LogP contribution in [0.2, 0.25) is 5.02 Å². The molecule has 0 spiro atoms. The standard InChI is InChI=1S/C18H21ClN2O4S/c1-25-13-15-7-5-14(6-8-15)12-20-18(22)9-10-21-26(23,24)17-4-2-3-16(19)11-17/h2-8,11,21H,9-10,12-13H2,1H3,(H,20,22). The van der Waals surface area contributed by atoms with Crippen molar-refractivity contribution in [2.24, 2.45) is 0 Å². The molecule has 0 aliphatic heterocycles. The molecule has 2 N–H and O–H groups in total. The Kier molecular flexibility index (Phi) is 7.59. The van der Waals surface area contributed by atoms with Crippen LogP contribution in [-0.4, -0.2) is 28.0 Å². The van der Waals surface area contributed by atoms with Gasteiger partial charge in [0.25, 0.3) is 0 Å². The van der Waals surface area contributed by atoms with Crippen molar-refractivity contribution >= 4 is 27.5 Å². The number of benzene rings is 2.